The number of carbonyl (C=O) groups excluding carboxylic acids is 1. The number of nitrogens with zero attached hydrogens (tertiary/aromatic N) is 4. The molecule has 2 aliphatic rings. The average Bonchev–Trinajstić information content (AvgIpc) is 2.79. The van der Waals surface area contributed by atoms with E-state index in [4.69, 9.17) is 0 Å². The SMILES string of the molecule is CC(=O)N1CCCC(O)(CNC2CCC(n3nc(-c4ccncc4)ccc3=O)CC2)C1. The molecule has 0 radical (unpaired) electrons. The molecule has 1 saturated heterocycles. The Morgan fingerprint density at radius 1 is 1.19 bits per heavy atom. The normalized spacial score (nSPS) is 26.6. The van der Waals surface area contributed by atoms with Crippen molar-refractivity contribution in [3.05, 3.63) is 47.0 Å². The molecule has 1 aliphatic heterocycles. The van der Waals surface area contributed by atoms with Gasteiger partial charge in [0.1, 0.15) is 0 Å². The van der Waals surface area contributed by atoms with Crippen molar-refractivity contribution in [2.75, 3.05) is 19.6 Å². The predicted octanol–water partition coefficient (Wildman–Crippen LogP) is 1.75. The highest BCUT2D eigenvalue weighted by molar-refractivity contribution is 5.73. The van der Waals surface area contributed by atoms with Gasteiger partial charge in [-0.15, -0.1) is 0 Å². The first kappa shape index (κ1) is 21.6. The fourth-order valence-corrected chi connectivity index (χ4v) is 4.75. The van der Waals surface area contributed by atoms with E-state index >= 15 is 0 Å². The Labute approximate surface area is 182 Å². The molecule has 1 saturated carbocycles. The summed E-state index contributed by atoms with van der Waals surface area (Å²) in [6.45, 7) is 3.16. The first-order valence-corrected chi connectivity index (χ1v) is 11.2. The molecule has 2 N–H and O–H groups in total. The fourth-order valence-electron chi connectivity index (χ4n) is 4.75. The van der Waals surface area contributed by atoms with Crippen molar-refractivity contribution >= 4 is 5.91 Å². The van der Waals surface area contributed by atoms with Crippen molar-refractivity contribution in [2.45, 2.75) is 63.1 Å². The molecule has 0 spiro atoms. The molecule has 31 heavy (non-hydrogen) atoms. The van der Waals surface area contributed by atoms with Gasteiger partial charge >= 0.3 is 0 Å². The lowest BCUT2D eigenvalue weighted by molar-refractivity contribution is -0.135. The van der Waals surface area contributed by atoms with E-state index in [-0.39, 0.29) is 17.5 Å². The molecule has 8 nitrogen and oxygen atoms in total. The van der Waals surface area contributed by atoms with Gasteiger partial charge in [0.25, 0.3) is 5.56 Å². The first-order chi connectivity index (χ1) is 14.9. The molecule has 1 aliphatic carbocycles. The zero-order valence-electron chi connectivity index (χ0n) is 18.0. The van der Waals surface area contributed by atoms with Crippen LogP contribution in [-0.2, 0) is 4.79 Å². The van der Waals surface area contributed by atoms with Gasteiger partial charge in [0.15, 0.2) is 0 Å². The summed E-state index contributed by atoms with van der Waals surface area (Å²) in [5.41, 5.74) is 0.782. The second kappa shape index (κ2) is 9.28. The number of hydrogen-bond acceptors (Lipinski definition) is 6. The largest absolute Gasteiger partial charge is 0.387 e. The number of likely N-dealkylation sites (tertiary alicyclic amines) is 1. The number of aromatic nitrogens is 3. The van der Waals surface area contributed by atoms with Crippen molar-refractivity contribution in [3.8, 4) is 11.3 Å². The molecule has 1 unspecified atom stereocenters. The lowest BCUT2D eigenvalue weighted by Gasteiger charge is -2.40. The minimum absolute atomic E-state index is 0.0190. The molecule has 166 valence electrons. The standard InChI is InChI=1S/C23H31N5O3/c1-17(29)27-14-2-11-23(31,16-27)15-25-19-3-5-20(6-4-19)28-22(30)8-7-21(26-28)18-9-12-24-13-10-18/h7-10,12-13,19-20,25,31H,2-6,11,14-16H2,1H3. The maximum Gasteiger partial charge on any atom is 0.267 e. The van der Waals surface area contributed by atoms with Gasteiger partial charge < -0.3 is 15.3 Å². The molecule has 8 heteroatoms. The van der Waals surface area contributed by atoms with Crippen LogP contribution in [0.2, 0.25) is 0 Å². The van der Waals surface area contributed by atoms with Crippen molar-refractivity contribution in [3.63, 3.8) is 0 Å². The van der Waals surface area contributed by atoms with Gasteiger partial charge in [-0.25, -0.2) is 4.68 Å². The Bertz CT molecular complexity index is 955. The lowest BCUT2D eigenvalue weighted by atomic mass is 9.89. The Kier molecular flexibility index (Phi) is 6.48. The van der Waals surface area contributed by atoms with Crippen LogP contribution in [0, 0.1) is 0 Å². The Hall–Kier alpha value is -2.58. The number of piperidine rings is 1. The quantitative estimate of drug-likeness (QED) is 0.757. The summed E-state index contributed by atoms with van der Waals surface area (Å²) in [6.07, 6.45) is 8.55. The van der Waals surface area contributed by atoms with E-state index in [2.05, 4.69) is 15.4 Å². The summed E-state index contributed by atoms with van der Waals surface area (Å²) in [5, 5.41) is 19.0. The van der Waals surface area contributed by atoms with Crippen LogP contribution < -0.4 is 10.9 Å². The number of carbonyl (C=O) groups is 1. The van der Waals surface area contributed by atoms with E-state index in [0.29, 0.717) is 25.6 Å². The van der Waals surface area contributed by atoms with Gasteiger partial charge in [0.2, 0.25) is 5.91 Å². The van der Waals surface area contributed by atoms with Crippen LogP contribution in [0.3, 0.4) is 0 Å². The number of rotatable bonds is 5. The second-order valence-electron chi connectivity index (χ2n) is 8.89. The summed E-state index contributed by atoms with van der Waals surface area (Å²) in [4.78, 5) is 29.9. The predicted molar refractivity (Wildman–Crippen MR) is 117 cm³/mol. The number of aliphatic hydroxyl groups is 1. The second-order valence-corrected chi connectivity index (χ2v) is 8.89. The Morgan fingerprint density at radius 3 is 2.65 bits per heavy atom. The number of hydrogen-bond donors (Lipinski definition) is 2. The van der Waals surface area contributed by atoms with Crippen LogP contribution in [0.4, 0.5) is 0 Å². The highest BCUT2D eigenvalue weighted by Crippen LogP contribution is 2.28. The van der Waals surface area contributed by atoms with Crippen molar-refractivity contribution < 1.29 is 9.90 Å². The molecule has 0 bridgehead atoms. The zero-order chi connectivity index (χ0) is 21.8. The molecule has 4 rings (SSSR count). The molecule has 1 atom stereocenters. The van der Waals surface area contributed by atoms with E-state index in [1.165, 1.54) is 0 Å². The number of amides is 1. The van der Waals surface area contributed by atoms with E-state index in [1.54, 1.807) is 41.0 Å². The Morgan fingerprint density at radius 2 is 1.94 bits per heavy atom. The molecule has 1 amide bonds. The van der Waals surface area contributed by atoms with Crippen LogP contribution in [0.1, 0.15) is 51.5 Å². The van der Waals surface area contributed by atoms with Crippen LogP contribution in [0.25, 0.3) is 11.3 Å². The van der Waals surface area contributed by atoms with Crippen LogP contribution in [0.15, 0.2) is 41.5 Å². The summed E-state index contributed by atoms with van der Waals surface area (Å²) >= 11 is 0. The van der Waals surface area contributed by atoms with Crippen molar-refractivity contribution in [2.24, 2.45) is 0 Å². The van der Waals surface area contributed by atoms with Crippen LogP contribution in [-0.4, -0.2) is 62.0 Å². The van der Waals surface area contributed by atoms with E-state index in [9.17, 15) is 14.7 Å². The number of β-amino-alcohol motifs (C(OH)–C–C–N with tert-alkyl or cyclic N) is 1. The minimum Gasteiger partial charge on any atom is -0.387 e. The summed E-state index contributed by atoms with van der Waals surface area (Å²) in [5.74, 6) is 0.0190. The highest BCUT2D eigenvalue weighted by Gasteiger charge is 2.35. The fraction of sp³-hybridized carbons (Fsp3) is 0.565. The van der Waals surface area contributed by atoms with E-state index in [1.807, 2.05) is 12.1 Å². The lowest BCUT2D eigenvalue weighted by Crippen LogP contribution is -2.56. The van der Waals surface area contributed by atoms with Crippen LogP contribution >= 0.6 is 0 Å². The molecule has 2 aromatic heterocycles. The molecule has 0 aromatic carbocycles. The maximum atomic E-state index is 12.5. The maximum absolute atomic E-state index is 12.5. The molecule has 2 fully saturated rings. The molecular weight excluding hydrogens is 394 g/mol. The van der Waals surface area contributed by atoms with Gasteiger partial charge in [0.05, 0.1) is 23.9 Å². The van der Waals surface area contributed by atoms with Crippen molar-refractivity contribution in [1.82, 2.24) is 25.0 Å². The third kappa shape index (κ3) is 5.19. The summed E-state index contributed by atoms with van der Waals surface area (Å²) in [6, 6.07) is 7.51. The van der Waals surface area contributed by atoms with Crippen molar-refractivity contribution in [1.29, 1.82) is 0 Å². The van der Waals surface area contributed by atoms with Gasteiger partial charge in [0, 0.05) is 50.1 Å². The molecular formula is C23H31N5O3. The highest BCUT2D eigenvalue weighted by atomic mass is 16.3. The van der Waals surface area contributed by atoms with E-state index in [0.717, 1.165) is 49.9 Å². The minimum atomic E-state index is -0.863. The molecule has 2 aromatic rings. The third-order valence-corrected chi connectivity index (χ3v) is 6.56. The summed E-state index contributed by atoms with van der Waals surface area (Å²) < 4.78 is 1.63. The van der Waals surface area contributed by atoms with E-state index < -0.39 is 5.60 Å². The zero-order valence-corrected chi connectivity index (χ0v) is 18.0. The van der Waals surface area contributed by atoms with Gasteiger partial charge in [-0.1, -0.05) is 0 Å². The summed E-state index contributed by atoms with van der Waals surface area (Å²) in [7, 11) is 0. The number of nitrogens with one attached hydrogen (secondary N) is 1. The first-order valence-electron chi connectivity index (χ1n) is 11.2. The van der Waals surface area contributed by atoms with Gasteiger partial charge in [-0.2, -0.15) is 5.10 Å². The average molecular weight is 426 g/mol. The number of pyridine rings is 1. The molecule has 3 heterocycles. The smallest absolute Gasteiger partial charge is 0.267 e. The monoisotopic (exact) mass is 425 g/mol. The Balaban J connectivity index is 1.34. The topological polar surface area (TPSA) is 100 Å². The van der Waals surface area contributed by atoms with Crippen LogP contribution in [0.5, 0.6) is 0 Å². The van der Waals surface area contributed by atoms with Gasteiger partial charge in [-0.05, 0) is 56.7 Å². The third-order valence-electron chi connectivity index (χ3n) is 6.56. The van der Waals surface area contributed by atoms with Gasteiger partial charge in [-0.3, -0.25) is 14.6 Å².